The maximum atomic E-state index is 14.5. The number of allylic oxidation sites excluding steroid dienone is 1. The van der Waals surface area contributed by atoms with Gasteiger partial charge < -0.3 is 15.0 Å². The Kier molecular flexibility index (Phi) is 8.89. The molecule has 0 aromatic heterocycles. The topological polar surface area (TPSA) is 50.7 Å². The molecule has 0 aliphatic heterocycles. The van der Waals surface area contributed by atoms with Crippen LogP contribution in [-0.4, -0.2) is 31.3 Å². The van der Waals surface area contributed by atoms with Crippen LogP contribution < -0.4 is 16.2 Å². The monoisotopic (exact) mass is 478 g/mol. The number of carbonyl (C=O) groups excluding carboxylic acids is 1. The summed E-state index contributed by atoms with van der Waals surface area (Å²) in [6, 6.07) is 26.5. The molecule has 0 unspecified atom stereocenters. The zero-order valence-electron chi connectivity index (χ0n) is 19.5. The fourth-order valence-electron chi connectivity index (χ4n) is 3.57. The third-order valence-corrected chi connectivity index (χ3v) is 5.25. The molecule has 3 rings (SSSR count). The number of halogens is 3. The Labute approximate surface area is 203 Å². The van der Waals surface area contributed by atoms with Gasteiger partial charge >= 0.3 is 19.0 Å². The molecule has 4 nitrogen and oxygen atoms in total. The number of hydrogen-bond acceptors (Lipinski definition) is 4. The number of nitrogens with one attached hydrogen (secondary N) is 1. The number of nitrogens with zero attached hydrogens (tertiary/aromatic N) is 1. The van der Waals surface area contributed by atoms with Crippen molar-refractivity contribution in [2.75, 3.05) is 6.61 Å². The van der Waals surface area contributed by atoms with E-state index in [1.54, 1.807) is 67.6 Å². The SMILES string of the molecule is CCOC(=O)C(C(=NB(c1ccccc1)c1ccccc1)C(F)(F)F)=C(C)NCc1ccccc1. The van der Waals surface area contributed by atoms with E-state index in [4.69, 9.17) is 4.74 Å². The largest absolute Gasteiger partial charge is 0.462 e. The lowest BCUT2D eigenvalue weighted by molar-refractivity contribution is -0.138. The van der Waals surface area contributed by atoms with Crippen LogP contribution in [0.15, 0.2) is 107 Å². The van der Waals surface area contributed by atoms with Crippen molar-refractivity contribution in [2.24, 2.45) is 4.90 Å². The minimum atomic E-state index is -4.90. The first-order valence-corrected chi connectivity index (χ1v) is 11.2. The molecule has 0 amide bonds. The lowest BCUT2D eigenvalue weighted by Gasteiger charge is -2.20. The first kappa shape index (κ1) is 25.8. The summed E-state index contributed by atoms with van der Waals surface area (Å²) in [5.74, 6) is -1.08. The zero-order valence-corrected chi connectivity index (χ0v) is 19.5. The Balaban J connectivity index is 2.15. The van der Waals surface area contributed by atoms with Gasteiger partial charge in [0.1, 0.15) is 11.3 Å². The van der Waals surface area contributed by atoms with E-state index in [0.717, 1.165) is 5.56 Å². The number of esters is 1. The molecular weight excluding hydrogens is 452 g/mol. The van der Waals surface area contributed by atoms with Crippen molar-refractivity contribution < 1.29 is 22.7 Å². The summed E-state index contributed by atoms with van der Waals surface area (Å²) >= 11 is 0. The molecule has 0 saturated carbocycles. The number of carbonyl (C=O) groups is 1. The predicted octanol–water partition coefficient (Wildman–Crippen LogP) is 4.42. The van der Waals surface area contributed by atoms with Crippen LogP contribution in [0.2, 0.25) is 0 Å². The van der Waals surface area contributed by atoms with E-state index in [9.17, 15) is 18.0 Å². The van der Waals surface area contributed by atoms with Crippen molar-refractivity contribution in [1.82, 2.24) is 5.32 Å². The van der Waals surface area contributed by atoms with Gasteiger partial charge in [-0.3, -0.25) is 0 Å². The Hall–Kier alpha value is -3.81. The molecule has 0 aliphatic carbocycles. The number of ether oxygens (including phenoxy) is 1. The summed E-state index contributed by atoms with van der Waals surface area (Å²) in [4.78, 5) is 17.0. The fourth-order valence-corrected chi connectivity index (χ4v) is 3.57. The highest BCUT2D eigenvalue weighted by Crippen LogP contribution is 2.25. The molecule has 8 heteroatoms. The summed E-state index contributed by atoms with van der Waals surface area (Å²) in [6.07, 6.45) is -4.90. The Bertz CT molecular complexity index is 1130. The minimum Gasteiger partial charge on any atom is -0.462 e. The molecule has 3 aromatic rings. The highest BCUT2D eigenvalue weighted by Gasteiger charge is 2.43. The number of hydrogen-bond donors (Lipinski definition) is 1. The molecule has 0 radical (unpaired) electrons. The second kappa shape index (κ2) is 12.1. The molecule has 0 saturated heterocycles. The van der Waals surface area contributed by atoms with Gasteiger partial charge in [-0.25, -0.2) is 4.79 Å². The van der Waals surface area contributed by atoms with Crippen molar-refractivity contribution in [1.29, 1.82) is 0 Å². The van der Waals surface area contributed by atoms with E-state index in [2.05, 4.69) is 10.2 Å². The second-order valence-electron chi connectivity index (χ2n) is 7.76. The van der Waals surface area contributed by atoms with Crippen LogP contribution in [0.3, 0.4) is 0 Å². The van der Waals surface area contributed by atoms with Crippen molar-refractivity contribution in [3.05, 3.63) is 108 Å². The molecule has 180 valence electrons. The first-order valence-electron chi connectivity index (χ1n) is 11.2. The van der Waals surface area contributed by atoms with Gasteiger partial charge in [-0.15, -0.1) is 0 Å². The summed E-state index contributed by atoms with van der Waals surface area (Å²) < 4.78 is 48.5. The molecule has 0 heterocycles. The molecule has 35 heavy (non-hydrogen) atoms. The molecule has 0 fully saturated rings. The van der Waals surface area contributed by atoms with Crippen LogP contribution in [0.5, 0.6) is 0 Å². The summed E-state index contributed by atoms with van der Waals surface area (Å²) in [5, 5.41) is 2.94. The van der Waals surface area contributed by atoms with Crippen molar-refractivity contribution in [3.63, 3.8) is 0 Å². The fraction of sp³-hybridized carbons (Fsp3) is 0.185. The third-order valence-electron chi connectivity index (χ3n) is 5.25. The van der Waals surface area contributed by atoms with Gasteiger partial charge in [0.05, 0.1) is 6.61 Å². The van der Waals surface area contributed by atoms with Gasteiger partial charge in [-0.1, -0.05) is 91.0 Å². The third kappa shape index (κ3) is 7.09. The van der Waals surface area contributed by atoms with Gasteiger partial charge in [0.15, 0.2) is 0 Å². The average Bonchev–Trinajstić information content (AvgIpc) is 2.86. The highest BCUT2D eigenvalue weighted by atomic mass is 19.4. The van der Waals surface area contributed by atoms with E-state index in [1.165, 1.54) is 6.92 Å². The normalized spacial score (nSPS) is 12.5. The van der Waals surface area contributed by atoms with Crippen molar-refractivity contribution in [3.8, 4) is 0 Å². The average molecular weight is 478 g/mol. The van der Waals surface area contributed by atoms with Gasteiger partial charge in [0.25, 0.3) is 0 Å². The quantitative estimate of drug-likeness (QED) is 0.215. The van der Waals surface area contributed by atoms with Crippen LogP contribution >= 0.6 is 0 Å². The van der Waals surface area contributed by atoms with E-state index in [-0.39, 0.29) is 18.8 Å². The van der Waals surface area contributed by atoms with Gasteiger partial charge in [-0.05, 0) is 30.3 Å². The number of benzene rings is 3. The Morgan fingerprint density at radius 3 is 1.83 bits per heavy atom. The van der Waals surface area contributed by atoms with Gasteiger partial charge in [0.2, 0.25) is 0 Å². The van der Waals surface area contributed by atoms with Crippen LogP contribution in [0, 0.1) is 0 Å². The predicted molar refractivity (Wildman–Crippen MR) is 134 cm³/mol. The van der Waals surface area contributed by atoms with Crippen molar-refractivity contribution in [2.45, 2.75) is 26.6 Å². The van der Waals surface area contributed by atoms with Crippen LogP contribution in [0.1, 0.15) is 19.4 Å². The molecule has 0 bridgehead atoms. The van der Waals surface area contributed by atoms with Crippen molar-refractivity contribution >= 4 is 29.5 Å². The highest BCUT2D eigenvalue weighted by molar-refractivity contribution is 6.84. The minimum absolute atomic E-state index is 0.0308. The first-order chi connectivity index (χ1) is 16.8. The second-order valence-corrected chi connectivity index (χ2v) is 7.76. The molecule has 0 aliphatic rings. The Morgan fingerprint density at radius 1 is 0.886 bits per heavy atom. The molecule has 0 spiro atoms. The molecule has 3 aromatic carbocycles. The van der Waals surface area contributed by atoms with Crippen LogP contribution in [0.4, 0.5) is 13.2 Å². The zero-order chi connectivity index (χ0) is 25.3. The van der Waals surface area contributed by atoms with E-state index < -0.39 is 30.3 Å². The number of rotatable bonds is 9. The smallest absolute Gasteiger partial charge is 0.432 e. The van der Waals surface area contributed by atoms with E-state index >= 15 is 0 Å². The lowest BCUT2D eigenvalue weighted by atomic mass is 9.51. The van der Waals surface area contributed by atoms with E-state index in [0.29, 0.717) is 10.9 Å². The Morgan fingerprint density at radius 2 is 1.37 bits per heavy atom. The van der Waals surface area contributed by atoms with Crippen LogP contribution in [-0.2, 0) is 16.1 Å². The maximum Gasteiger partial charge on any atom is 0.432 e. The molecule has 1 N–H and O–H groups in total. The summed E-state index contributed by atoms with van der Waals surface area (Å²) in [7, 11) is 0. The van der Waals surface area contributed by atoms with Gasteiger partial charge in [-0.2, -0.15) is 13.2 Å². The van der Waals surface area contributed by atoms with Gasteiger partial charge in [0, 0.05) is 12.2 Å². The number of alkyl halides is 3. The lowest BCUT2D eigenvalue weighted by Crippen LogP contribution is -2.44. The molecular formula is C27H26BF3N2O2. The van der Waals surface area contributed by atoms with Crippen LogP contribution in [0.25, 0.3) is 0 Å². The molecule has 0 atom stereocenters. The van der Waals surface area contributed by atoms with E-state index in [1.807, 2.05) is 30.3 Å². The summed E-state index contributed by atoms with van der Waals surface area (Å²) in [5.41, 5.74) is 0.103. The summed E-state index contributed by atoms with van der Waals surface area (Å²) in [6.45, 7) is 2.17. The maximum absolute atomic E-state index is 14.5. The standard InChI is InChI=1S/C27H26BF3N2O2/c1-3-35-26(34)24(20(2)32-19-21-13-7-4-8-14-21)25(27(29,30)31)33-28(22-15-9-5-10-16-22)23-17-11-6-12-18-23/h4-18,32H,3,19H2,1-2H3.